The summed E-state index contributed by atoms with van der Waals surface area (Å²) in [6.45, 7) is 2.41. The number of carbonyl (C=O) groups excluding carboxylic acids is 1. The maximum absolute atomic E-state index is 12.3. The Hall–Kier alpha value is -1.75. The van der Waals surface area contributed by atoms with Crippen LogP contribution in [0.3, 0.4) is 0 Å². The number of aliphatic carboxylic acids is 1. The zero-order valence-electron chi connectivity index (χ0n) is 13.8. The zero-order chi connectivity index (χ0) is 17.5. The van der Waals surface area contributed by atoms with Crippen molar-refractivity contribution in [1.82, 2.24) is 5.32 Å². The first kappa shape index (κ1) is 18.6. The first-order valence-corrected chi connectivity index (χ1v) is 8.80. The SMILES string of the molecule is CCC(CNC(=O)C1CCC(C(=O)O)CC1)Oc1ccccc1Cl. The molecule has 1 aliphatic carbocycles. The molecule has 0 aromatic heterocycles. The number of rotatable bonds is 7. The van der Waals surface area contributed by atoms with E-state index in [4.69, 9.17) is 21.4 Å². The van der Waals surface area contributed by atoms with E-state index in [1.807, 2.05) is 19.1 Å². The average molecular weight is 354 g/mol. The molecular weight excluding hydrogens is 330 g/mol. The molecule has 1 aliphatic rings. The van der Waals surface area contributed by atoms with Crippen molar-refractivity contribution in [1.29, 1.82) is 0 Å². The van der Waals surface area contributed by atoms with Crippen molar-refractivity contribution in [2.24, 2.45) is 11.8 Å². The maximum atomic E-state index is 12.3. The predicted octanol–water partition coefficient (Wildman–Crippen LogP) is 3.50. The van der Waals surface area contributed by atoms with Gasteiger partial charge in [0.15, 0.2) is 0 Å². The van der Waals surface area contributed by atoms with Crippen LogP contribution in [0.1, 0.15) is 39.0 Å². The molecule has 1 unspecified atom stereocenters. The van der Waals surface area contributed by atoms with Gasteiger partial charge in [0.05, 0.1) is 17.5 Å². The van der Waals surface area contributed by atoms with Crippen LogP contribution in [0.2, 0.25) is 5.02 Å². The number of carboxylic acids is 1. The Bertz CT molecular complexity index is 570. The fourth-order valence-corrected chi connectivity index (χ4v) is 3.13. The minimum Gasteiger partial charge on any atom is -0.487 e. The Morgan fingerprint density at radius 1 is 1.25 bits per heavy atom. The quantitative estimate of drug-likeness (QED) is 0.786. The summed E-state index contributed by atoms with van der Waals surface area (Å²) in [6, 6.07) is 7.27. The van der Waals surface area contributed by atoms with E-state index < -0.39 is 5.97 Å². The van der Waals surface area contributed by atoms with E-state index in [9.17, 15) is 9.59 Å². The molecule has 1 saturated carbocycles. The van der Waals surface area contributed by atoms with Crippen LogP contribution in [0.25, 0.3) is 0 Å². The number of hydrogen-bond donors (Lipinski definition) is 2. The van der Waals surface area contributed by atoms with E-state index >= 15 is 0 Å². The number of para-hydroxylation sites is 1. The van der Waals surface area contributed by atoms with Crippen LogP contribution in [-0.2, 0) is 9.59 Å². The fourth-order valence-electron chi connectivity index (χ4n) is 2.95. The van der Waals surface area contributed by atoms with E-state index in [1.165, 1.54) is 0 Å². The summed E-state index contributed by atoms with van der Waals surface area (Å²) >= 11 is 6.09. The van der Waals surface area contributed by atoms with Gasteiger partial charge in [0.25, 0.3) is 0 Å². The molecule has 0 spiro atoms. The van der Waals surface area contributed by atoms with Crippen molar-refractivity contribution in [2.45, 2.75) is 45.1 Å². The van der Waals surface area contributed by atoms with Crippen molar-refractivity contribution in [3.63, 3.8) is 0 Å². The summed E-state index contributed by atoms with van der Waals surface area (Å²) in [4.78, 5) is 23.2. The van der Waals surface area contributed by atoms with Gasteiger partial charge in [-0.2, -0.15) is 0 Å². The maximum Gasteiger partial charge on any atom is 0.306 e. The number of carboxylic acid groups (broad SMARTS) is 1. The van der Waals surface area contributed by atoms with Gasteiger partial charge in [0.2, 0.25) is 5.91 Å². The van der Waals surface area contributed by atoms with E-state index in [0.717, 1.165) is 6.42 Å². The molecule has 0 heterocycles. The largest absolute Gasteiger partial charge is 0.487 e. The molecule has 6 heteroatoms. The number of carbonyl (C=O) groups is 2. The molecular formula is C18H24ClNO4. The monoisotopic (exact) mass is 353 g/mol. The fraction of sp³-hybridized carbons (Fsp3) is 0.556. The van der Waals surface area contributed by atoms with Crippen LogP contribution in [0.15, 0.2) is 24.3 Å². The highest BCUT2D eigenvalue weighted by atomic mass is 35.5. The number of ether oxygens (including phenoxy) is 1. The van der Waals surface area contributed by atoms with Crippen molar-refractivity contribution in [3.8, 4) is 5.75 Å². The normalized spacial score (nSPS) is 21.8. The highest BCUT2D eigenvalue weighted by molar-refractivity contribution is 6.32. The first-order valence-electron chi connectivity index (χ1n) is 8.43. The highest BCUT2D eigenvalue weighted by Gasteiger charge is 2.29. The average Bonchev–Trinajstić information content (AvgIpc) is 2.60. The summed E-state index contributed by atoms with van der Waals surface area (Å²) < 4.78 is 5.86. The third kappa shape index (κ3) is 5.13. The van der Waals surface area contributed by atoms with Gasteiger partial charge in [0, 0.05) is 5.92 Å². The molecule has 0 radical (unpaired) electrons. The third-order valence-corrected chi connectivity index (χ3v) is 4.85. The topological polar surface area (TPSA) is 75.6 Å². The van der Waals surface area contributed by atoms with Gasteiger partial charge < -0.3 is 15.2 Å². The highest BCUT2D eigenvalue weighted by Crippen LogP contribution is 2.29. The second-order valence-electron chi connectivity index (χ2n) is 6.21. The molecule has 2 N–H and O–H groups in total. The Balaban J connectivity index is 1.79. The molecule has 1 aromatic carbocycles. The van der Waals surface area contributed by atoms with Crippen LogP contribution in [0.5, 0.6) is 5.75 Å². The van der Waals surface area contributed by atoms with Gasteiger partial charge in [0.1, 0.15) is 11.9 Å². The van der Waals surface area contributed by atoms with Crippen molar-refractivity contribution < 1.29 is 19.4 Å². The van der Waals surface area contributed by atoms with Crippen molar-refractivity contribution >= 4 is 23.5 Å². The van der Waals surface area contributed by atoms with E-state index in [2.05, 4.69) is 5.32 Å². The summed E-state index contributed by atoms with van der Waals surface area (Å²) in [5.74, 6) is -0.560. The second kappa shape index (κ2) is 8.92. The zero-order valence-corrected chi connectivity index (χ0v) is 14.6. The van der Waals surface area contributed by atoms with Gasteiger partial charge in [-0.15, -0.1) is 0 Å². The van der Waals surface area contributed by atoms with Gasteiger partial charge >= 0.3 is 5.97 Å². The molecule has 2 rings (SSSR count). The molecule has 1 aromatic rings. The first-order chi connectivity index (χ1) is 11.5. The lowest BCUT2D eigenvalue weighted by Crippen LogP contribution is -2.39. The number of halogens is 1. The van der Waals surface area contributed by atoms with Crippen LogP contribution in [-0.4, -0.2) is 29.6 Å². The van der Waals surface area contributed by atoms with E-state index in [-0.39, 0.29) is 23.8 Å². The minimum atomic E-state index is -0.756. The van der Waals surface area contributed by atoms with Crippen molar-refractivity contribution in [3.05, 3.63) is 29.3 Å². The summed E-state index contributed by atoms with van der Waals surface area (Å²) in [5.41, 5.74) is 0. The summed E-state index contributed by atoms with van der Waals surface area (Å²) in [6.07, 6.45) is 3.00. The lowest BCUT2D eigenvalue weighted by Gasteiger charge is -2.26. The molecule has 132 valence electrons. The van der Waals surface area contributed by atoms with Crippen LogP contribution in [0, 0.1) is 11.8 Å². The number of benzene rings is 1. The summed E-state index contributed by atoms with van der Waals surface area (Å²) in [5, 5.41) is 12.5. The minimum absolute atomic E-state index is 0.0138. The van der Waals surface area contributed by atoms with Gasteiger partial charge in [-0.3, -0.25) is 9.59 Å². The lowest BCUT2D eigenvalue weighted by atomic mass is 9.81. The van der Waals surface area contributed by atoms with E-state index in [0.29, 0.717) is 43.0 Å². The summed E-state index contributed by atoms with van der Waals surface area (Å²) in [7, 11) is 0. The Labute approximate surface area is 147 Å². The van der Waals surface area contributed by atoms with Crippen LogP contribution in [0.4, 0.5) is 0 Å². The number of nitrogens with one attached hydrogen (secondary N) is 1. The molecule has 0 aliphatic heterocycles. The molecule has 1 fully saturated rings. The third-order valence-electron chi connectivity index (χ3n) is 4.54. The van der Waals surface area contributed by atoms with Gasteiger partial charge in [-0.25, -0.2) is 0 Å². The Morgan fingerprint density at radius 3 is 2.46 bits per heavy atom. The van der Waals surface area contributed by atoms with E-state index in [1.54, 1.807) is 12.1 Å². The molecule has 24 heavy (non-hydrogen) atoms. The Kier molecular flexibility index (Phi) is 6.91. The predicted molar refractivity (Wildman–Crippen MR) is 92.3 cm³/mol. The van der Waals surface area contributed by atoms with Crippen LogP contribution >= 0.6 is 11.6 Å². The number of hydrogen-bond acceptors (Lipinski definition) is 3. The molecule has 0 saturated heterocycles. The smallest absolute Gasteiger partial charge is 0.306 e. The van der Waals surface area contributed by atoms with Gasteiger partial charge in [-0.05, 0) is 44.2 Å². The van der Waals surface area contributed by atoms with Gasteiger partial charge in [-0.1, -0.05) is 30.7 Å². The standard InChI is InChI=1S/C18H24ClNO4/c1-2-14(24-16-6-4-3-5-15(16)19)11-20-17(21)12-7-9-13(10-8-12)18(22)23/h3-6,12-14H,2,7-11H2,1H3,(H,20,21)(H,22,23). The van der Waals surface area contributed by atoms with Crippen molar-refractivity contribution in [2.75, 3.05) is 6.54 Å². The second-order valence-corrected chi connectivity index (χ2v) is 6.62. The number of amides is 1. The molecule has 1 amide bonds. The molecule has 5 nitrogen and oxygen atoms in total. The lowest BCUT2D eigenvalue weighted by molar-refractivity contribution is -0.144. The van der Waals surface area contributed by atoms with Crippen LogP contribution < -0.4 is 10.1 Å². The Morgan fingerprint density at radius 2 is 1.88 bits per heavy atom. The molecule has 1 atom stereocenters. The molecule has 0 bridgehead atoms.